The van der Waals surface area contributed by atoms with Crippen LogP contribution in [0.25, 0.3) is 0 Å². The van der Waals surface area contributed by atoms with E-state index in [1.54, 1.807) is 0 Å². The highest BCUT2D eigenvalue weighted by Gasteiger charge is 2.17. The van der Waals surface area contributed by atoms with Crippen molar-refractivity contribution in [2.45, 2.75) is 83.4 Å². The molecule has 0 aliphatic rings. The first-order valence-corrected chi connectivity index (χ1v) is 8.97. The number of rotatable bonds is 11. The number of hydrogen-bond acceptors (Lipinski definition) is 1. The molecule has 1 unspecified atom stereocenters. The van der Waals surface area contributed by atoms with Gasteiger partial charge in [0.25, 0.3) is 0 Å². The zero-order valence-electron chi connectivity index (χ0n) is 13.4. The third-order valence-electron chi connectivity index (χ3n) is 3.90. The summed E-state index contributed by atoms with van der Waals surface area (Å²) in [5.74, 6) is 0. The van der Waals surface area contributed by atoms with Crippen LogP contribution >= 0.6 is 12.6 Å². The van der Waals surface area contributed by atoms with Gasteiger partial charge < -0.3 is 0 Å². The van der Waals surface area contributed by atoms with Crippen molar-refractivity contribution in [2.24, 2.45) is 0 Å². The van der Waals surface area contributed by atoms with Gasteiger partial charge in [-0.15, -0.1) is 0 Å². The fraction of sp³-hybridized carbons (Fsp3) is 0.722. The number of hydrogen-bond donors (Lipinski definition) is 1. The topological polar surface area (TPSA) is 3.88 Å². The third kappa shape index (κ3) is 6.78. The van der Waals surface area contributed by atoms with Crippen LogP contribution in [0, 0.1) is 0 Å². The number of unbranched alkanes of at least 4 members (excludes halogenated alkanes) is 6. The molecule has 0 aromatic carbocycles. The van der Waals surface area contributed by atoms with Crippen LogP contribution in [0.2, 0.25) is 0 Å². The molecule has 1 atom stereocenters. The minimum absolute atomic E-state index is 0.388. The lowest BCUT2D eigenvalue weighted by Gasteiger charge is -2.10. The first-order valence-electron chi connectivity index (χ1n) is 8.46. The molecule has 114 valence electrons. The Morgan fingerprint density at radius 3 is 2.35 bits per heavy atom. The summed E-state index contributed by atoms with van der Waals surface area (Å²) in [5.41, 5.74) is 1.39. The first-order chi connectivity index (χ1) is 9.79. The number of aryl methyl sites for hydroxylation is 1. The molecule has 1 rings (SSSR count). The van der Waals surface area contributed by atoms with E-state index in [0.717, 1.165) is 6.54 Å². The zero-order chi connectivity index (χ0) is 14.6. The smallest absolute Gasteiger partial charge is 0.194 e. The molecule has 0 amide bonds. The third-order valence-corrected chi connectivity index (χ3v) is 4.42. The van der Waals surface area contributed by atoms with E-state index in [1.807, 2.05) is 0 Å². The highest BCUT2D eigenvalue weighted by molar-refractivity contribution is 7.80. The maximum Gasteiger partial charge on any atom is 0.194 e. The second-order valence-corrected chi connectivity index (χ2v) is 6.37. The van der Waals surface area contributed by atoms with Crippen LogP contribution < -0.4 is 4.57 Å². The SMILES string of the molecule is CCCCCCC(S)c1cccc[n+]1CCCCCC. The number of thiol groups is 1. The Morgan fingerprint density at radius 2 is 1.65 bits per heavy atom. The van der Waals surface area contributed by atoms with Crippen molar-refractivity contribution in [1.82, 2.24) is 0 Å². The minimum atomic E-state index is 0.388. The van der Waals surface area contributed by atoms with Crippen LogP contribution in [0.3, 0.4) is 0 Å². The van der Waals surface area contributed by atoms with Crippen LogP contribution in [-0.4, -0.2) is 0 Å². The first kappa shape index (κ1) is 17.6. The molecular formula is C18H32NS+. The van der Waals surface area contributed by atoms with Gasteiger partial charge in [-0.1, -0.05) is 58.4 Å². The predicted molar refractivity (Wildman–Crippen MR) is 91.3 cm³/mol. The minimum Gasteiger partial charge on any atom is -0.201 e. The summed E-state index contributed by atoms with van der Waals surface area (Å²) in [6, 6.07) is 6.53. The van der Waals surface area contributed by atoms with Crippen molar-refractivity contribution < 1.29 is 4.57 Å². The van der Waals surface area contributed by atoms with Gasteiger partial charge in [-0.05, 0) is 12.8 Å². The second kappa shape index (κ2) is 11.2. The van der Waals surface area contributed by atoms with E-state index in [9.17, 15) is 0 Å². The molecule has 0 N–H and O–H groups in total. The Bertz CT molecular complexity index is 351. The van der Waals surface area contributed by atoms with Gasteiger partial charge >= 0.3 is 0 Å². The monoisotopic (exact) mass is 294 g/mol. The second-order valence-electron chi connectivity index (χ2n) is 5.74. The lowest BCUT2D eigenvalue weighted by atomic mass is 10.1. The van der Waals surface area contributed by atoms with Gasteiger partial charge in [-0.2, -0.15) is 12.6 Å². The lowest BCUT2D eigenvalue weighted by molar-refractivity contribution is -0.704. The molecule has 0 aliphatic heterocycles. The Kier molecular flexibility index (Phi) is 9.82. The van der Waals surface area contributed by atoms with Crippen molar-refractivity contribution in [1.29, 1.82) is 0 Å². The summed E-state index contributed by atoms with van der Waals surface area (Å²) in [5, 5.41) is 0.388. The van der Waals surface area contributed by atoms with Crippen molar-refractivity contribution in [3.8, 4) is 0 Å². The molecule has 1 aromatic rings. The standard InChI is InChI=1S/C18H31NS/c1-3-5-7-9-14-18(20)17-13-10-12-16-19(17)15-11-8-6-4-2/h10,12-13,16,18H,3-9,11,14-15H2,1-2H3/p+1. The Labute approximate surface area is 131 Å². The van der Waals surface area contributed by atoms with E-state index < -0.39 is 0 Å². The average molecular weight is 295 g/mol. The summed E-state index contributed by atoms with van der Waals surface area (Å²) in [6.07, 6.45) is 14.0. The van der Waals surface area contributed by atoms with E-state index in [4.69, 9.17) is 12.6 Å². The van der Waals surface area contributed by atoms with Gasteiger partial charge in [0.2, 0.25) is 0 Å². The molecule has 0 saturated heterocycles. The molecule has 0 bridgehead atoms. The molecule has 0 spiro atoms. The van der Waals surface area contributed by atoms with Crippen molar-refractivity contribution in [3.05, 3.63) is 30.1 Å². The van der Waals surface area contributed by atoms with Gasteiger partial charge in [0, 0.05) is 18.6 Å². The van der Waals surface area contributed by atoms with Crippen molar-refractivity contribution in [2.75, 3.05) is 0 Å². The van der Waals surface area contributed by atoms with Crippen LogP contribution in [0.4, 0.5) is 0 Å². The van der Waals surface area contributed by atoms with Gasteiger partial charge in [0.05, 0.1) is 5.25 Å². The summed E-state index contributed by atoms with van der Waals surface area (Å²) < 4.78 is 2.41. The maximum atomic E-state index is 4.83. The maximum absolute atomic E-state index is 4.83. The Hall–Kier alpha value is -0.500. The molecule has 0 radical (unpaired) electrons. The van der Waals surface area contributed by atoms with E-state index in [2.05, 4.69) is 42.8 Å². The molecule has 0 aliphatic carbocycles. The largest absolute Gasteiger partial charge is 0.201 e. The summed E-state index contributed by atoms with van der Waals surface area (Å²) in [7, 11) is 0. The van der Waals surface area contributed by atoms with Gasteiger partial charge in [0.15, 0.2) is 11.9 Å². The fourth-order valence-electron chi connectivity index (χ4n) is 2.62. The lowest BCUT2D eigenvalue weighted by Crippen LogP contribution is -2.38. The number of nitrogens with zero attached hydrogens (tertiary/aromatic N) is 1. The Morgan fingerprint density at radius 1 is 0.950 bits per heavy atom. The highest BCUT2D eigenvalue weighted by Crippen LogP contribution is 2.23. The number of aromatic nitrogens is 1. The molecule has 0 fully saturated rings. The highest BCUT2D eigenvalue weighted by atomic mass is 32.1. The van der Waals surface area contributed by atoms with E-state index in [0.29, 0.717) is 5.25 Å². The molecule has 1 heterocycles. The van der Waals surface area contributed by atoms with Crippen molar-refractivity contribution >= 4 is 12.6 Å². The van der Waals surface area contributed by atoms with Crippen molar-refractivity contribution in [3.63, 3.8) is 0 Å². The Balaban J connectivity index is 2.46. The predicted octanol–water partition coefficient (Wildman–Crippen LogP) is 5.50. The van der Waals surface area contributed by atoms with Gasteiger partial charge in [-0.25, -0.2) is 4.57 Å². The fourth-order valence-corrected chi connectivity index (χ4v) is 3.03. The van der Waals surface area contributed by atoms with Crippen LogP contribution in [0.15, 0.2) is 24.4 Å². The quantitative estimate of drug-likeness (QED) is 0.312. The van der Waals surface area contributed by atoms with E-state index >= 15 is 0 Å². The van der Waals surface area contributed by atoms with Gasteiger partial charge in [0.1, 0.15) is 6.54 Å². The summed E-state index contributed by atoms with van der Waals surface area (Å²) >= 11 is 4.83. The van der Waals surface area contributed by atoms with E-state index in [1.165, 1.54) is 63.5 Å². The molecule has 20 heavy (non-hydrogen) atoms. The van der Waals surface area contributed by atoms with Crippen LogP contribution in [0.1, 0.15) is 82.6 Å². The molecular weight excluding hydrogens is 262 g/mol. The normalized spacial score (nSPS) is 12.6. The molecule has 0 saturated carbocycles. The summed E-state index contributed by atoms with van der Waals surface area (Å²) in [4.78, 5) is 0. The summed E-state index contributed by atoms with van der Waals surface area (Å²) in [6.45, 7) is 5.67. The molecule has 2 heteroatoms. The van der Waals surface area contributed by atoms with Crippen LogP contribution in [-0.2, 0) is 6.54 Å². The molecule has 1 aromatic heterocycles. The number of pyridine rings is 1. The van der Waals surface area contributed by atoms with Gasteiger partial charge in [-0.3, -0.25) is 0 Å². The zero-order valence-corrected chi connectivity index (χ0v) is 14.2. The van der Waals surface area contributed by atoms with Crippen LogP contribution in [0.5, 0.6) is 0 Å². The average Bonchev–Trinajstić information content (AvgIpc) is 2.48. The van der Waals surface area contributed by atoms with E-state index in [-0.39, 0.29) is 0 Å². The molecule has 1 nitrogen and oxygen atoms in total.